The quantitative estimate of drug-likeness (QED) is 0.918. The van der Waals surface area contributed by atoms with E-state index in [4.69, 9.17) is 9.47 Å². The number of pyridine rings is 1. The lowest BCUT2D eigenvalue weighted by molar-refractivity contribution is -0.118. The number of aromatic nitrogens is 1. The number of nitrogens with one attached hydrogen (secondary N) is 1. The Morgan fingerprint density at radius 1 is 1.19 bits per heavy atom. The lowest BCUT2D eigenvalue weighted by atomic mass is 10.1. The van der Waals surface area contributed by atoms with Crippen molar-refractivity contribution >= 4 is 11.6 Å². The van der Waals surface area contributed by atoms with Crippen LogP contribution in [0, 0.1) is 13.8 Å². The first kappa shape index (κ1) is 14.8. The van der Waals surface area contributed by atoms with Crippen molar-refractivity contribution in [1.29, 1.82) is 0 Å². The molecule has 1 aromatic carbocycles. The second-order valence-electron chi connectivity index (χ2n) is 4.67. The number of carbonyl (C=O) groups excluding carboxylic acids is 1. The van der Waals surface area contributed by atoms with Gasteiger partial charge in [-0.1, -0.05) is 6.07 Å². The molecule has 0 aliphatic rings. The van der Waals surface area contributed by atoms with E-state index in [1.165, 1.54) is 18.9 Å². The minimum atomic E-state index is -0.236. The van der Waals surface area contributed by atoms with Gasteiger partial charge in [0.2, 0.25) is 5.88 Å². The average Bonchev–Trinajstić information content (AvgIpc) is 2.49. The summed E-state index contributed by atoms with van der Waals surface area (Å²) in [5.74, 6) is 0.945. The van der Waals surface area contributed by atoms with E-state index in [0.29, 0.717) is 17.3 Å². The summed E-state index contributed by atoms with van der Waals surface area (Å²) in [7, 11) is 1.54. The summed E-state index contributed by atoms with van der Waals surface area (Å²) in [6, 6.07) is 9.14. The fraction of sp³-hybridized carbons (Fsp3) is 0.250. The maximum atomic E-state index is 11.8. The highest BCUT2D eigenvalue weighted by molar-refractivity contribution is 5.91. The summed E-state index contributed by atoms with van der Waals surface area (Å²) in [5.41, 5.74) is 2.92. The summed E-state index contributed by atoms with van der Waals surface area (Å²) in [4.78, 5) is 15.8. The monoisotopic (exact) mass is 286 g/mol. The molecule has 1 aromatic heterocycles. The molecule has 110 valence electrons. The smallest absolute Gasteiger partial charge is 0.262 e. The van der Waals surface area contributed by atoms with E-state index in [0.717, 1.165) is 5.56 Å². The van der Waals surface area contributed by atoms with Crippen LogP contribution in [-0.4, -0.2) is 24.6 Å². The number of anilines is 1. The number of methoxy groups -OCH3 is 1. The van der Waals surface area contributed by atoms with Crippen molar-refractivity contribution in [2.75, 3.05) is 19.0 Å². The highest BCUT2D eigenvalue weighted by atomic mass is 16.5. The Bertz CT molecular complexity index is 624. The Morgan fingerprint density at radius 3 is 2.62 bits per heavy atom. The number of rotatable bonds is 5. The molecule has 1 heterocycles. The van der Waals surface area contributed by atoms with Crippen molar-refractivity contribution in [1.82, 2.24) is 4.98 Å². The van der Waals surface area contributed by atoms with Crippen molar-refractivity contribution in [2.24, 2.45) is 0 Å². The van der Waals surface area contributed by atoms with Crippen molar-refractivity contribution in [3.05, 3.63) is 47.7 Å². The molecule has 1 N–H and O–H groups in total. The van der Waals surface area contributed by atoms with Crippen LogP contribution in [0.1, 0.15) is 11.1 Å². The van der Waals surface area contributed by atoms with E-state index < -0.39 is 0 Å². The summed E-state index contributed by atoms with van der Waals surface area (Å²) >= 11 is 0. The van der Waals surface area contributed by atoms with Crippen molar-refractivity contribution in [3.8, 4) is 11.6 Å². The molecule has 0 aliphatic heterocycles. The molecule has 5 nitrogen and oxygen atoms in total. The molecule has 0 radical (unpaired) electrons. The van der Waals surface area contributed by atoms with E-state index in [1.807, 2.05) is 32.0 Å². The highest BCUT2D eigenvalue weighted by Crippen LogP contribution is 2.16. The lowest BCUT2D eigenvalue weighted by Crippen LogP contribution is -2.20. The fourth-order valence-corrected chi connectivity index (χ4v) is 1.72. The van der Waals surface area contributed by atoms with E-state index >= 15 is 0 Å². The number of benzene rings is 1. The Balaban J connectivity index is 1.87. The van der Waals surface area contributed by atoms with Crippen LogP contribution in [0.25, 0.3) is 0 Å². The maximum Gasteiger partial charge on any atom is 0.262 e. The number of amides is 1. The average molecular weight is 286 g/mol. The first-order valence-corrected chi connectivity index (χ1v) is 6.58. The van der Waals surface area contributed by atoms with Crippen LogP contribution in [0.2, 0.25) is 0 Å². The topological polar surface area (TPSA) is 60.5 Å². The normalized spacial score (nSPS) is 10.0. The molecule has 0 saturated carbocycles. The van der Waals surface area contributed by atoms with E-state index in [2.05, 4.69) is 10.3 Å². The van der Waals surface area contributed by atoms with Gasteiger partial charge in [-0.2, -0.15) is 0 Å². The van der Waals surface area contributed by atoms with E-state index in [-0.39, 0.29) is 12.5 Å². The third-order valence-corrected chi connectivity index (χ3v) is 3.08. The zero-order chi connectivity index (χ0) is 15.2. The van der Waals surface area contributed by atoms with Gasteiger partial charge in [0, 0.05) is 6.07 Å². The van der Waals surface area contributed by atoms with Crippen LogP contribution in [0.3, 0.4) is 0 Å². The largest absolute Gasteiger partial charge is 0.484 e. The molecule has 0 bridgehead atoms. The van der Waals surface area contributed by atoms with Crippen LogP contribution in [0.15, 0.2) is 36.5 Å². The SMILES string of the molecule is COc1ccc(NC(=O)COc2ccc(C)c(C)c2)cn1. The number of hydrogen-bond donors (Lipinski definition) is 1. The Hall–Kier alpha value is -2.56. The highest BCUT2D eigenvalue weighted by Gasteiger charge is 2.05. The summed E-state index contributed by atoms with van der Waals surface area (Å²) in [6.07, 6.45) is 1.53. The minimum absolute atomic E-state index is 0.0471. The molecule has 0 spiro atoms. The molecule has 0 atom stereocenters. The van der Waals surface area contributed by atoms with E-state index in [9.17, 15) is 4.79 Å². The van der Waals surface area contributed by atoms with Gasteiger partial charge < -0.3 is 14.8 Å². The van der Waals surface area contributed by atoms with Gasteiger partial charge in [0.05, 0.1) is 19.0 Å². The lowest BCUT2D eigenvalue weighted by Gasteiger charge is -2.09. The van der Waals surface area contributed by atoms with Crippen molar-refractivity contribution in [2.45, 2.75) is 13.8 Å². The molecule has 2 rings (SSSR count). The van der Waals surface area contributed by atoms with Gasteiger partial charge in [-0.3, -0.25) is 4.79 Å². The minimum Gasteiger partial charge on any atom is -0.484 e. The van der Waals surface area contributed by atoms with Crippen LogP contribution in [-0.2, 0) is 4.79 Å². The second-order valence-corrected chi connectivity index (χ2v) is 4.67. The molecule has 21 heavy (non-hydrogen) atoms. The molecule has 0 fully saturated rings. The predicted octanol–water partition coefficient (Wildman–Crippen LogP) is 2.72. The van der Waals surface area contributed by atoms with Gasteiger partial charge in [0.15, 0.2) is 6.61 Å². The third kappa shape index (κ3) is 4.21. The third-order valence-electron chi connectivity index (χ3n) is 3.08. The zero-order valence-corrected chi connectivity index (χ0v) is 12.3. The summed E-state index contributed by atoms with van der Waals surface area (Å²) in [6.45, 7) is 3.99. The van der Waals surface area contributed by atoms with Crippen LogP contribution in [0.5, 0.6) is 11.6 Å². The maximum absolute atomic E-state index is 11.8. The molecular weight excluding hydrogens is 268 g/mol. The first-order chi connectivity index (χ1) is 10.1. The van der Waals surface area contributed by atoms with Gasteiger partial charge in [0.1, 0.15) is 5.75 Å². The van der Waals surface area contributed by atoms with Crippen LogP contribution in [0.4, 0.5) is 5.69 Å². The van der Waals surface area contributed by atoms with Crippen molar-refractivity contribution in [3.63, 3.8) is 0 Å². The van der Waals surface area contributed by atoms with E-state index in [1.54, 1.807) is 12.1 Å². The number of nitrogens with zero attached hydrogens (tertiary/aromatic N) is 1. The van der Waals surface area contributed by atoms with Crippen LogP contribution < -0.4 is 14.8 Å². The Kier molecular flexibility index (Phi) is 4.77. The fourth-order valence-electron chi connectivity index (χ4n) is 1.72. The molecular formula is C16H18N2O3. The van der Waals surface area contributed by atoms with Gasteiger partial charge in [-0.05, 0) is 43.2 Å². The zero-order valence-electron chi connectivity index (χ0n) is 12.3. The molecule has 0 aliphatic carbocycles. The Labute approximate surface area is 123 Å². The van der Waals surface area contributed by atoms with Crippen molar-refractivity contribution < 1.29 is 14.3 Å². The molecule has 0 saturated heterocycles. The van der Waals surface area contributed by atoms with Gasteiger partial charge in [0.25, 0.3) is 5.91 Å². The standard InChI is InChI=1S/C16H18N2O3/c1-11-4-6-14(8-12(11)2)21-10-15(19)18-13-5-7-16(20-3)17-9-13/h4-9H,10H2,1-3H3,(H,18,19). The number of ether oxygens (including phenoxy) is 2. The molecule has 1 amide bonds. The second kappa shape index (κ2) is 6.74. The summed E-state index contributed by atoms with van der Waals surface area (Å²) < 4.78 is 10.4. The van der Waals surface area contributed by atoms with Crippen LogP contribution >= 0.6 is 0 Å². The number of hydrogen-bond acceptors (Lipinski definition) is 4. The van der Waals surface area contributed by atoms with Gasteiger partial charge in [-0.25, -0.2) is 4.98 Å². The number of aryl methyl sites for hydroxylation is 2. The molecule has 2 aromatic rings. The van der Waals surface area contributed by atoms with Gasteiger partial charge in [-0.15, -0.1) is 0 Å². The predicted molar refractivity (Wildman–Crippen MR) is 80.8 cm³/mol. The summed E-state index contributed by atoms with van der Waals surface area (Å²) in [5, 5.41) is 2.71. The number of carbonyl (C=O) groups is 1. The molecule has 5 heteroatoms. The first-order valence-electron chi connectivity index (χ1n) is 6.58. The van der Waals surface area contributed by atoms with Gasteiger partial charge >= 0.3 is 0 Å². The molecule has 0 unspecified atom stereocenters. The Morgan fingerprint density at radius 2 is 2.00 bits per heavy atom.